The Morgan fingerprint density at radius 3 is 2.67 bits per heavy atom. The van der Waals surface area contributed by atoms with Crippen molar-refractivity contribution in [3.8, 4) is 0 Å². The lowest BCUT2D eigenvalue weighted by Crippen LogP contribution is -2.35. The molecule has 0 aliphatic heterocycles. The summed E-state index contributed by atoms with van der Waals surface area (Å²) in [4.78, 5) is 8.34. The third-order valence-electron chi connectivity index (χ3n) is 2.32. The van der Waals surface area contributed by atoms with Crippen LogP contribution in [0.25, 0.3) is 0 Å². The molecule has 1 aromatic rings. The van der Waals surface area contributed by atoms with Crippen LogP contribution in [0.5, 0.6) is 0 Å². The Hall–Kier alpha value is -0.860. The summed E-state index contributed by atoms with van der Waals surface area (Å²) in [5, 5.41) is 10.0. The van der Waals surface area contributed by atoms with Crippen molar-refractivity contribution in [1.82, 2.24) is 20.8 Å². The van der Waals surface area contributed by atoms with Crippen molar-refractivity contribution >= 4 is 29.9 Å². The van der Waals surface area contributed by atoms with Gasteiger partial charge in [-0.1, -0.05) is 19.0 Å². The van der Waals surface area contributed by atoms with Gasteiger partial charge in [-0.05, 0) is 6.42 Å². The quantitative estimate of drug-likeness (QED) is 0.357. The first kappa shape index (κ1) is 17.1. The number of aliphatic imine (C=N–C) groups is 1. The molecule has 7 heteroatoms. The van der Waals surface area contributed by atoms with Crippen LogP contribution in [-0.2, 0) is 6.42 Å². The number of nitrogens with zero attached hydrogens (tertiary/aromatic N) is 3. The van der Waals surface area contributed by atoms with Crippen molar-refractivity contribution in [1.29, 1.82) is 0 Å². The fraction of sp³-hybridized carbons (Fsp3) is 0.727. The third-order valence-corrected chi connectivity index (χ3v) is 2.32. The summed E-state index contributed by atoms with van der Waals surface area (Å²) in [5.74, 6) is 2.58. The molecule has 6 nitrogen and oxygen atoms in total. The summed E-state index contributed by atoms with van der Waals surface area (Å²) in [6.45, 7) is 4.92. The zero-order valence-electron chi connectivity index (χ0n) is 11.4. The van der Waals surface area contributed by atoms with Gasteiger partial charge in [0, 0.05) is 33.0 Å². The first-order chi connectivity index (χ1) is 8.17. The number of hydrogen-bond donors (Lipinski definition) is 2. The minimum absolute atomic E-state index is 0. The molecule has 0 spiro atoms. The number of nitrogens with one attached hydrogen (secondary N) is 2. The Labute approximate surface area is 125 Å². The summed E-state index contributed by atoms with van der Waals surface area (Å²) in [6.07, 6.45) is 1.72. The van der Waals surface area contributed by atoms with Gasteiger partial charge in [0.15, 0.2) is 11.8 Å². The maximum Gasteiger partial charge on any atom is 0.226 e. The normalized spacial score (nSPS) is 11.3. The monoisotopic (exact) mass is 367 g/mol. The van der Waals surface area contributed by atoms with Gasteiger partial charge in [0.05, 0.1) is 0 Å². The minimum atomic E-state index is 0. The lowest BCUT2D eigenvalue weighted by atomic mass is 10.2. The Kier molecular flexibility index (Phi) is 8.69. The van der Waals surface area contributed by atoms with Crippen LogP contribution in [0.15, 0.2) is 9.52 Å². The first-order valence-electron chi connectivity index (χ1n) is 5.88. The maximum atomic E-state index is 5.15. The number of halogens is 1. The molecule has 0 atom stereocenters. The van der Waals surface area contributed by atoms with Gasteiger partial charge < -0.3 is 15.2 Å². The van der Waals surface area contributed by atoms with Crippen molar-refractivity contribution in [2.24, 2.45) is 4.99 Å². The average Bonchev–Trinajstić information content (AvgIpc) is 2.78. The topological polar surface area (TPSA) is 75.3 Å². The van der Waals surface area contributed by atoms with E-state index < -0.39 is 0 Å². The van der Waals surface area contributed by atoms with E-state index in [0.717, 1.165) is 31.2 Å². The molecule has 0 fully saturated rings. The van der Waals surface area contributed by atoms with E-state index in [2.05, 4.69) is 25.8 Å². The Bertz CT molecular complexity index is 364. The molecule has 2 N–H and O–H groups in total. The third kappa shape index (κ3) is 5.65. The molecule has 0 saturated heterocycles. The predicted molar refractivity (Wildman–Crippen MR) is 82.5 cm³/mol. The fourth-order valence-electron chi connectivity index (χ4n) is 1.33. The molecular weight excluding hydrogens is 345 g/mol. The van der Waals surface area contributed by atoms with E-state index in [9.17, 15) is 0 Å². The van der Waals surface area contributed by atoms with Gasteiger partial charge in [0.2, 0.25) is 5.89 Å². The maximum absolute atomic E-state index is 5.15. The van der Waals surface area contributed by atoms with Crippen molar-refractivity contribution in [2.75, 3.05) is 20.6 Å². The van der Waals surface area contributed by atoms with E-state index in [4.69, 9.17) is 4.52 Å². The van der Waals surface area contributed by atoms with Gasteiger partial charge in [0.25, 0.3) is 0 Å². The van der Waals surface area contributed by atoms with Crippen LogP contribution in [0.4, 0.5) is 0 Å². The molecule has 1 aromatic heterocycles. The minimum Gasteiger partial charge on any atom is -0.359 e. The molecule has 0 unspecified atom stereocenters. The Morgan fingerprint density at radius 2 is 2.17 bits per heavy atom. The van der Waals surface area contributed by atoms with Gasteiger partial charge in [-0.3, -0.25) is 4.99 Å². The fourth-order valence-corrected chi connectivity index (χ4v) is 1.33. The zero-order chi connectivity index (χ0) is 12.7. The van der Waals surface area contributed by atoms with Crippen molar-refractivity contribution in [2.45, 2.75) is 32.6 Å². The molecule has 18 heavy (non-hydrogen) atoms. The molecule has 0 radical (unpaired) electrons. The average molecular weight is 367 g/mol. The standard InChI is InChI=1S/C11H21N5O.HI/c1-8(2)10-15-9(17-16-10)6-5-7-14-11(12-3)13-4;/h8H,5-7H2,1-4H3,(H2,12,13,14);1H. The summed E-state index contributed by atoms with van der Waals surface area (Å²) in [6, 6.07) is 0. The zero-order valence-corrected chi connectivity index (χ0v) is 13.7. The number of aryl methyl sites for hydroxylation is 1. The van der Waals surface area contributed by atoms with E-state index in [1.807, 2.05) is 20.9 Å². The number of guanidine groups is 1. The molecule has 0 aromatic carbocycles. The number of aromatic nitrogens is 2. The number of rotatable bonds is 5. The molecule has 0 amide bonds. The lowest BCUT2D eigenvalue weighted by Gasteiger charge is -2.06. The van der Waals surface area contributed by atoms with Crippen LogP contribution in [0.1, 0.15) is 37.9 Å². The van der Waals surface area contributed by atoms with E-state index in [1.54, 1.807) is 7.05 Å². The predicted octanol–water partition coefficient (Wildman–Crippen LogP) is 1.54. The second-order valence-corrected chi connectivity index (χ2v) is 4.05. The summed E-state index contributed by atoms with van der Waals surface area (Å²) in [5.41, 5.74) is 0. The van der Waals surface area contributed by atoms with Gasteiger partial charge >= 0.3 is 0 Å². The first-order valence-corrected chi connectivity index (χ1v) is 5.88. The highest BCUT2D eigenvalue weighted by Crippen LogP contribution is 2.10. The van der Waals surface area contributed by atoms with E-state index in [-0.39, 0.29) is 24.0 Å². The van der Waals surface area contributed by atoms with Crippen molar-refractivity contribution < 1.29 is 4.52 Å². The molecule has 0 saturated carbocycles. The lowest BCUT2D eigenvalue weighted by molar-refractivity contribution is 0.368. The molecule has 1 rings (SSSR count). The summed E-state index contributed by atoms with van der Waals surface area (Å²) in [7, 11) is 3.58. The van der Waals surface area contributed by atoms with Crippen molar-refractivity contribution in [3.05, 3.63) is 11.7 Å². The molecule has 0 bridgehead atoms. The van der Waals surface area contributed by atoms with Gasteiger partial charge in [0.1, 0.15) is 0 Å². The van der Waals surface area contributed by atoms with Crippen LogP contribution in [0.3, 0.4) is 0 Å². The molecular formula is C11H22IN5O. The summed E-state index contributed by atoms with van der Waals surface area (Å²) < 4.78 is 5.15. The highest BCUT2D eigenvalue weighted by molar-refractivity contribution is 14.0. The largest absolute Gasteiger partial charge is 0.359 e. The van der Waals surface area contributed by atoms with Gasteiger partial charge in [-0.25, -0.2) is 0 Å². The highest BCUT2D eigenvalue weighted by Gasteiger charge is 2.08. The molecule has 0 aliphatic carbocycles. The van der Waals surface area contributed by atoms with Gasteiger partial charge in [-0.15, -0.1) is 24.0 Å². The van der Waals surface area contributed by atoms with Gasteiger partial charge in [-0.2, -0.15) is 4.98 Å². The van der Waals surface area contributed by atoms with Crippen LogP contribution in [-0.4, -0.2) is 36.7 Å². The van der Waals surface area contributed by atoms with Crippen LogP contribution < -0.4 is 10.6 Å². The molecule has 104 valence electrons. The Balaban J connectivity index is 0.00000289. The highest BCUT2D eigenvalue weighted by atomic mass is 127. The second-order valence-electron chi connectivity index (χ2n) is 4.05. The Morgan fingerprint density at radius 1 is 1.44 bits per heavy atom. The SMILES string of the molecule is CN=C(NC)NCCCc1nc(C(C)C)no1.I. The second kappa shape index (κ2) is 9.12. The smallest absolute Gasteiger partial charge is 0.226 e. The van der Waals surface area contributed by atoms with E-state index in [1.165, 1.54) is 0 Å². The van der Waals surface area contributed by atoms with Crippen LogP contribution in [0, 0.1) is 0 Å². The van der Waals surface area contributed by atoms with Crippen LogP contribution in [0.2, 0.25) is 0 Å². The molecule has 1 heterocycles. The molecule has 0 aliphatic rings. The van der Waals surface area contributed by atoms with E-state index >= 15 is 0 Å². The van der Waals surface area contributed by atoms with Crippen LogP contribution >= 0.6 is 24.0 Å². The van der Waals surface area contributed by atoms with Crippen molar-refractivity contribution in [3.63, 3.8) is 0 Å². The van der Waals surface area contributed by atoms with E-state index in [0.29, 0.717) is 11.8 Å². The number of hydrogen-bond acceptors (Lipinski definition) is 4. The summed E-state index contributed by atoms with van der Waals surface area (Å²) >= 11 is 0.